The van der Waals surface area contributed by atoms with Gasteiger partial charge in [0.2, 0.25) is 0 Å². The molecule has 252 valence electrons. The molecule has 0 saturated carbocycles. The summed E-state index contributed by atoms with van der Waals surface area (Å²) in [4.78, 5) is 14.1. The van der Waals surface area contributed by atoms with Crippen LogP contribution in [0.5, 0.6) is 0 Å². The minimum Gasteiger partial charge on any atom is -0.260 e. The van der Waals surface area contributed by atoms with Gasteiger partial charge in [-0.15, -0.1) is 0 Å². The number of hydrogen-bond donors (Lipinski definition) is 0. The van der Waals surface area contributed by atoms with Gasteiger partial charge < -0.3 is 0 Å². The van der Waals surface area contributed by atoms with E-state index in [9.17, 15) is 4.79 Å². The van der Waals surface area contributed by atoms with Gasteiger partial charge in [-0.1, -0.05) is 158 Å². The van der Waals surface area contributed by atoms with Gasteiger partial charge >= 0.3 is 5.69 Å². The number of hydrogen-bond acceptors (Lipinski definition) is 1. The number of rotatable bonds is 5. The third-order valence-electron chi connectivity index (χ3n) is 11.1. The van der Waals surface area contributed by atoms with E-state index < -0.39 is 0 Å². The first-order chi connectivity index (χ1) is 26.8. The summed E-state index contributed by atoms with van der Waals surface area (Å²) in [6.07, 6.45) is 0. The lowest BCUT2D eigenvalue weighted by Gasteiger charge is -2.20. The van der Waals surface area contributed by atoms with Crippen LogP contribution in [0.4, 0.5) is 0 Å². The molecule has 3 heteroatoms. The zero-order valence-electron chi connectivity index (χ0n) is 29.3. The fourth-order valence-electron chi connectivity index (χ4n) is 8.88. The van der Waals surface area contributed by atoms with Gasteiger partial charge in [0, 0.05) is 0 Å². The third-order valence-corrected chi connectivity index (χ3v) is 11.1. The predicted octanol–water partition coefficient (Wildman–Crippen LogP) is 12.7. The fourth-order valence-corrected chi connectivity index (χ4v) is 8.88. The Labute approximate surface area is 312 Å². The van der Waals surface area contributed by atoms with E-state index in [0.717, 1.165) is 28.0 Å². The van der Waals surface area contributed by atoms with Crippen molar-refractivity contribution >= 4 is 32.6 Å². The number of imidazole rings is 1. The lowest BCUT2D eigenvalue weighted by Crippen LogP contribution is -2.22. The normalized spacial score (nSPS) is 11.8. The van der Waals surface area contributed by atoms with Crippen LogP contribution < -0.4 is 5.69 Å². The van der Waals surface area contributed by atoms with E-state index >= 15 is 0 Å². The van der Waals surface area contributed by atoms with E-state index in [4.69, 9.17) is 0 Å². The molecule has 0 unspecified atom stereocenters. The Balaban J connectivity index is 1.12. The Morgan fingerprint density at radius 2 is 0.741 bits per heavy atom. The highest BCUT2D eigenvalue weighted by atomic mass is 16.1. The second kappa shape index (κ2) is 11.9. The molecule has 10 aromatic rings. The van der Waals surface area contributed by atoms with Crippen molar-refractivity contribution in [1.29, 1.82) is 0 Å². The van der Waals surface area contributed by atoms with Crippen molar-refractivity contribution in [3.63, 3.8) is 0 Å². The van der Waals surface area contributed by atoms with Gasteiger partial charge in [0.25, 0.3) is 0 Å². The molecule has 0 atom stereocenters. The maximum Gasteiger partial charge on any atom is 0.338 e. The average Bonchev–Trinajstić information content (AvgIpc) is 3.73. The fraction of sp³-hybridized carbons (Fsp3) is 0. The van der Waals surface area contributed by atoms with Crippen molar-refractivity contribution in [2.75, 3.05) is 0 Å². The lowest BCUT2D eigenvalue weighted by atomic mass is 9.82. The molecule has 0 bridgehead atoms. The molecule has 3 nitrogen and oxygen atoms in total. The first kappa shape index (κ1) is 30.4. The second-order valence-electron chi connectivity index (χ2n) is 14.0. The topological polar surface area (TPSA) is 26.9 Å². The van der Waals surface area contributed by atoms with Crippen molar-refractivity contribution in [2.45, 2.75) is 0 Å². The summed E-state index contributed by atoms with van der Waals surface area (Å²) in [5.74, 6) is 0. The van der Waals surface area contributed by atoms with Crippen molar-refractivity contribution in [3.8, 4) is 67.0 Å². The summed E-state index contributed by atoms with van der Waals surface area (Å²) in [5, 5.41) is 5.01. The largest absolute Gasteiger partial charge is 0.338 e. The molecule has 11 rings (SSSR count). The predicted molar refractivity (Wildman–Crippen MR) is 225 cm³/mol. The van der Waals surface area contributed by atoms with Crippen molar-refractivity contribution in [2.24, 2.45) is 0 Å². The Morgan fingerprint density at radius 1 is 0.296 bits per heavy atom. The van der Waals surface area contributed by atoms with Crippen LogP contribution >= 0.6 is 0 Å². The van der Waals surface area contributed by atoms with Gasteiger partial charge in [0.1, 0.15) is 0 Å². The standard InChI is InChI=1S/C51H32N2O/c54-51-52(36-19-8-3-9-20-36)44-25-12-13-26-45(44)53(51)37-29-27-33(28-30-37)38-31-32-43-48-39(38)23-14-24-42(48)49-46(34-15-4-1-5-16-34)40-21-10-11-22-41(40)47(50(43)49)35-17-6-2-7-18-35/h1-32H. The number of nitrogens with zero attached hydrogens (tertiary/aromatic N) is 2. The molecule has 0 fully saturated rings. The highest BCUT2D eigenvalue weighted by Crippen LogP contribution is 2.58. The zero-order chi connectivity index (χ0) is 35.8. The molecule has 1 aliphatic carbocycles. The van der Waals surface area contributed by atoms with E-state index in [1.807, 2.05) is 59.2 Å². The maximum absolute atomic E-state index is 14.1. The quantitative estimate of drug-likeness (QED) is 0.177. The van der Waals surface area contributed by atoms with Crippen LogP contribution in [-0.4, -0.2) is 9.13 Å². The van der Waals surface area contributed by atoms with Gasteiger partial charge in [-0.05, 0) is 114 Å². The van der Waals surface area contributed by atoms with Crippen LogP contribution in [0, 0.1) is 0 Å². The molecule has 1 aliphatic rings. The Bertz CT molecular complexity index is 3050. The van der Waals surface area contributed by atoms with E-state index in [0.29, 0.717) is 0 Å². The Morgan fingerprint density at radius 3 is 1.31 bits per heavy atom. The molecule has 54 heavy (non-hydrogen) atoms. The number of fused-ring (bicyclic) bond motifs is 5. The second-order valence-corrected chi connectivity index (χ2v) is 14.0. The number of aromatic nitrogens is 2. The molecular formula is C51H32N2O. The van der Waals surface area contributed by atoms with Crippen molar-refractivity contribution < 1.29 is 0 Å². The Kier molecular flexibility index (Phi) is 6.70. The minimum atomic E-state index is -0.0888. The van der Waals surface area contributed by atoms with Gasteiger partial charge in [0.15, 0.2) is 0 Å². The third kappa shape index (κ3) is 4.39. The summed E-state index contributed by atoms with van der Waals surface area (Å²) in [6, 6.07) is 68.3. The lowest BCUT2D eigenvalue weighted by molar-refractivity contribution is 0.931. The van der Waals surface area contributed by atoms with E-state index in [1.54, 1.807) is 4.57 Å². The summed E-state index contributed by atoms with van der Waals surface area (Å²) >= 11 is 0. The van der Waals surface area contributed by atoms with Gasteiger partial charge in [-0.25, -0.2) is 4.79 Å². The van der Waals surface area contributed by atoms with Crippen LogP contribution in [-0.2, 0) is 0 Å². The van der Waals surface area contributed by atoms with Crippen molar-refractivity contribution in [3.05, 3.63) is 205 Å². The first-order valence-electron chi connectivity index (χ1n) is 18.4. The molecule has 0 N–H and O–H groups in total. The first-order valence-corrected chi connectivity index (χ1v) is 18.4. The van der Waals surface area contributed by atoms with E-state index in [2.05, 4.69) is 140 Å². The smallest absolute Gasteiger partial charge is 0.260 e. The Hall–Kier alpha value is -7.23. The highest BCUT2D eigenvalue weighted by molar-refractivity contribution is 6.28. The van der Waals surface area contributed by atoms with Crippen molar-refractivity contribution in [1.82, 2.24) is 9.13 Å². The molecular weight excluding hydrogens is 657 g/mol. The average molecular weight is 689 g/mol. The maximum atomic E-state index is 14.1. The molecule has 0 saturated heterocycles. The summed E-state index contributed by atoms with van der Waals surface area (Å²) in [7, 11) is 0. The molecule has 1 heterocycles. The molecule has 9 aromatic carbocycles. The van der Waals surface area contributed by atoms with Gasteiger partial charge in [-0.2, -0.15) is 0 Å². The summed E-state index contributed by atoms with van der Waals surface area (Å²) in [6.45, 7) is 0. The number of para-hydroxylation sites is 3. The summed E-state index contributed by atoms with van der Waals surface area (Å²) in [5.41, 5.74) is 15.7. The van der Waals surface area contributed by atoms with Gasteiger partial charge in [-0.3, -0.25) is 9.13 Å². The van der Waals surface area contributed by atoms with Crippen LogP contribution in [0.2, 0.25) is 0 Å². The van der Waals surface area contributed by atoms with Crippen LogP contribution in [0.25, 0.3) is 99.6 Å². The zero-order valence-corrected chi connectivity index (χ0v) is 29.3. The van der Waals surface area contributed by atoms with E-state index in [-0.39, 0.29) is 5.69 Å². The van der Waals surface area contributed by atoms with Gasteiger partial charge in [0.05, 0.1) is 22.4 Å². The summed E-state index contributed by atoms with van der Waals surface area (Å²) < 4.78 is 3.61. The molecule has 0 amide bonds. The molecule has 1 aromatic heterocycles. The van der Waals surface area contributed by atoms with Crippen LogP contribution in [0.3, 0.4) is 0 Å². The number of benzene rings is 9. The van der Waals surface area contributed by atoms with E-state index in [1.165, 1.54) is 71.6 Å². The van der Waals surface area contributed by atoms with Crippen LogP contribution in [0.15, 0.2) is 199 Å². The molecule has 0 spiro atoms. The highest BCUT2D eigenvalue weighted by Gasteiger charge is 2.31. The monoisotopic (exact) mass is 688 g/mol. The molecule has 0 aliphatic heterocycles. The minimum absolute atomic E-state index is 0.0888. The van der Waals surface area contributed by atoms with Crippen LogP contribution in [0.1, 0.15) is 0 Å². The molecule has 0 radical (unpaired) electrons. The SMILES string of the molecule is O=c1n(-c2ccccc2)c2ccccc2n1-c1ccc(-c2ccc3c4c(cccc24)-c2c-3c(-c3ccccc3)c3ccccc3c2-c2ccccc2)cc1.